The summed E-state index contributed by atoms with van der Waals surface area (Å²) in [7, 11) is -4.02. The molecule has 5 fully saturated rings. The summed E-state index contributed by atoms with van der Waals surface area (Å²) in [6, 6.07) is 28.2. The fourth-order valence-electron chi connectivity index (χ4n) is 9.10. The van der Waals surface area contributed by atoms with E-state index in [1.165, 1.54) is 41.0 Å². The molecule has 1 saturated carbocycles. The quantitative estimate of drug-likeness (QED) is 0.0684. The van der Waals surface area contributed by atoms with Crippen LogP contribution in [0.1, 0.15) is 71.9 Å². The molecule has 1 aliphatic carbocycles. The van der Waals surface area contributed by atoms with Gasteiger partial charge < -0.3 is 29.2 Å². The number of ether oxygens (including phenoxy) is 5. The number of H-pyrrole nitrogens is 1. The number of carbonyl (C=O) groups is 2. The molecule has 3 atom stereocenters. The Balaban J connectivity index is 0.00000642. The lowest BCUT2D eigenvalue weighted by Gasteiger charge is -2.44. The zero-order chi connectivity index (χ0) is 47.4. The van der Waals surface area contributed by atoms with E-state index in [-0.39, 0.29) is 82.4 Å². The number of hydrogen-bond acceptors (Lipinski definition) is 11. The lowest BCUT2D eigenvalue weighted by atomic mass is 9.85. The molecule has 0 unspecified atom stereocenters. The Morgan fingerprint density at radius 3 is 2.20 bits per heavy atom. The molecular formula is C51H53Cl2F2N3O10S. The smallest absolute Gasteiger partial charge is 0.387 e. The first-order chi connectivity index (χ1) is 32.9. The average molecular weight is 1010 g/mol. The number of benzene rings is 4. The largest absolute Gasteiger partial charge is 0.870 e. The van der Waals surface area contributed by atoms with Crippen molar-refractivity contribution in [2.45, 2.75) is 74.8 Å². The normalized spacial score (nSPS) is 20.0. The van der Waals surface area contributed by atoms with Crippen molar-refractivity contribution in [2.24, 2.45) is 17.8 Å². The number of nitrogens with one attached hydrogen (secondary N) is 1. The van der Waals surface area contributed by atoms with Crippen molar-refractivity contribution >= 4 is 45.2 Å². The van der Waals surface area contributed by atoms with Gasteiger partial charge in [-0.2, -0.15) is 13.1 Å². The van der Waals surface area contributed by atoms with E-state index in [9.17, 15) is 26.8 Å². The predicted octanol–water partition coefficient (Wildman–Crippen LogP) is 8.91. The van der Waals surface area contributed by atoms with Crippen molar-refractivity contribution in [3.05, 3.63) is 147 Å². The first-order valence-corrected chi connectivity index (χ1v) is 25.1. The molecule has 366 valence electrons. The maximum absolute atomic E-state index is 13.9. The molecule has 10 rings (SSSR count). The number of aromatic amines is 1. The summed E-state index contributed by atoms with van der Waals surface area (Å²) < 4.78 is 84.7. The summed E-state index contributed by atoms with van der Waals surface area (Å²) in [6.07, 6.45) is 6.20. The van der Waals surface area contributed by atoms with Gasteiger partial charge in [0, 0.05) is 37.5 Å². The Morgan fingerprint density at radius 1 is 0.783 bits per heavy atom. The molecule has 5 aliphatic rings. The predicted molar refractivity (Wildman–Crippen MR) is 250 cm³/mol. The van der Waals surface area contributed by atoms with Crippen LogP contribution < -0.4 is 19.2 Å². The molecule has 0 spiro atoms. The van der Waals surface area contributed by atoms with Gasteiger partial charge >= 0.3 is 18.6 Å². The summed E-state index contributed by atoms with van der Waals surface area (Å²) >= 11 is 13.0. The first-order valence-electron chi connectivity index (χ1n) is 22.9. The van der Waals surface area contributed by atoms with Crippen molar-refractivity contribution in [1.29, 1.82) is 0 Å². The standard InChI is InChI=1S/C51H51Cl2F2N3O9S.H2O/c52-43-25-56-26-44(53)42(43)23-46(37-14-15-45(67-51(54)55)47(22-37)64-30-32-12-13-32)66-50(60)38-27-58(28-38)68(61,62)40-11-4-6-33(20-40)31-63-39-10-5-9-36(21-39)41(34-7-2-1-3-8-34)24-49(59)65-48-29-57-18-16-35(48)17-19-57;/h1-11,14-15,20-22,25-26,32,35,38,41,46,48,51H,12-13,16-19,23-24,27-31H2;1H2/t41-,46-,48-;/m0./s1. The molecule has 5 aromatic rings. The molecule has 0 radical (unpaired) electrons. The van der Waals surface area contributed by atoms with Crippen LogP contribution in [-0.4, -0.2) is 87.1 Å². The highest BCUT2D eigenvalue weighted by Gasteiger charge is 2.43. The highest BCUT2D eigenvalue weighted by molar-refractivity contribution is 7.89. The van der Waals surface area contributed by atoms with Crippen LogP contribution in [0.5, 0.6) is 17.2 Å². The van der Waals surface area contributed by atoms with Crippen molar-refractivity contribution in [2.75, 3.05) is 39.3 Å². The third kappa shape index (κ3) is 12.3. The van der Waals surface area contributed by atoms with Crippen molar-refractivity contribution in [3.63, 3.8) is 0 Å². The molecule has 1 aromatic heterocycles. The SMILES string of the molecule is O=C(C[C@@H](c1ccccc1)c1cccc(OCc2cccc(S(=O)(=O)N3CC(C(=O)O[C@@H](Cc4c(Cl)c[nH+]cc4Cl)c4ccc(OC(F)F)c(OCC5CC5)c4)C3)c2)c1)O[C@H]1CN2CCC1CC2.[OH-]. The summed E-state index contributed by atoms with van der Waals surface area (Å²) in [5.74, 6) is -0.769. The molecule has 4 aromatic carbocycles. The van der Waals surface area contributed by atoms with E-state index in [4.69, 9.17) is 46.9 Å². The number of fused-ring (bicyclic) bond motifs is 3. The van der Waals surface area contributed by atoms with E-state index in [0.717, 1.165) is 56.4 Å². The highest BCUT2D eigenvalue weighted by atomic mass is 35.5. The van der Waals surface area contributed by atoms with Crippen molar-refractivity contribution in [1.82, 2.24) is 9.21 Å². The van der Waals surface area contributed by atoms with Crippen molar-refractivity contribution in [3.8, 4) is 17.2 Å². The number of sulfonamides is 1. The number of alkyl halides is 2. The van der Waals surface area contributed by atoms with E-state index < -0.39 is 34.6 Å². The fraction of sp³-hybridized carbons (Fsp3) is 0.392. The number of rotatable bonds is 20. The molecule has 5 heterocycles. The van der Waals surface area contributed by atoms with Gasteiger partial charge in [0.25, 0.3) is 0 Å². The molecule has 2 bridgehead atoms. The van der Waals surface area contributed by atoms with E-state index in [1.807, 2.05) is 54.6 Å². The summed E-state index contributed by atoms with van der Waals surface area (Å²) in [6.45, 7) is -0.0607. The Bertz CT molecular complexity index is 2680. The number of halogens is 4. The zero-order valence-corrected chi connectivity index (χ0v) is 39.9. The number of piperidine rings is 3. The van der Waals surface area contributed by atoms with Gasteiger partial charge in [-0.15, -0.1) is 0 Å². The van der Waals surface area contributed by atoms with Crippen LogP contribution in [-0.2, 0) is 42.1 Å². The van der Waals surface area contributed by atoms with Crippen LogP contribution in [0, 0.1) is 17.8 Å². The highest BCUT2D eigenvalue weighted by Crippen LogP contribution is 2.39. The number of pyridine rings is 1. The van der Waals surface area contributed by atoms with E-state index in [2.05, 4.69) is 9.88 Å². The zero-order valence-electron chi connectivity index (χ0n) is 37.6. The Hall–Kier alpha value is -5.36. The van der Waals surface area contributed by atoms with E-state index in [0.29, 0.717) is 40.9 Å². The monoisotopic (exact) mass is 1010 g/mol. The number of nitrogens with zero attached hydrogens (tertiary/aromatic N) is 2. The Morgan fingerprint density at radius 2 is 1.51 bits per heavy atom. The second kappa shape index (κ2) is 22.2. The van der Waals surface area contributed by atoms with Gasteiger partial charge in [0.05, 0.1) is 23.8 Å². The molecule has 13 nitrogen and oxygen atoms in total. The van der Waals surface area contributed by atoms with Gasteiger partial charge in [-0.05, 0) is 109 Å². The van der Waals surface area contributed by atoms with Crippen LogP contribution in [0.2, 0.25) is 10.0 Å². The van der Waals surface area contributed by atoms with Crippen LogP contribution in [0.4, 0.5) is 8.78 Å². The Labute approximate surface area is 409 Å². The lowest BCUT2D eigenvalue weighted by Crippen LogP contribution is -2.53. The number of carbonyl (C=O) groups excluding carboxylic acids is 2. The summed E-state index contributed by atoms with van der Waals surface area (Å²) in [5.41, 5.74) is 3.36. The Kier molecular flexibility index (Phi) is 16.1. The minimum absolute atomic E-state index is 0. The average Bonchev–Trinajstić information content (AvgIpc) is 4.16. The first kappa shape index (κ1) is 50.0. The number of esters is 2. The second-order valence-corrected chi connectivity index (χ2v) is 20.7. The van der Waals surface area contributed by atoms with Gasteiger partial charge in [-0.1, -0.05) is 83.9 Å². The van der Waals surface area contributed by atoms with Crippen LogP contribution in [0.15, 0.2) is 114 Å². The molecule has 4 aliphatic heterocycles. The van der Waals surface area contributed by atoms with Crippen LogP contribution in [0.25, 0.3) is 0 Å². The molecule has 69 heavy (non-hydrogen) atoms. The van der Waals surface area contributed by atoms with E-state index >= 15 is 0 Å². The molecular weight excluding hydrogens is 956 g/mol. The lowest BCUT2D eigenvalue weighted by molar-refractivity contribution is -0.377. The van der Waals surface area contributed by atoms with Gasteiger partial charge in [-0.25, -0.2) is 13.4 Å². The fourth-order valence-corrected chi connectivity index (χ4v) is 11.2. The van der Waals surface area contributed by atoms with Crippen LogP contribution >= 0.6 is 23.2 Å². The third-order valence-electron chi connectivity index (χ3n) is 13.2. The summed E-state index contributed by atoms with van der Waals surface area (Å²) in [4.78, 5) is 32.5. The van der Waals surface area contributed by atoms with Crippen molar-refractivity contribution < 1.29 is 60.9 Å². The number of hydrogen-bond donors (Lipinski definition) is 0. The van der Waals surface area contributed by atoms with E-state index in [1.54, 1.807) is 18.2 Å². The van der Waals surface area contributed by atoms with Gasteiger partial charge in [0.15, 0.2) is 23.9 Å². The van der Waals surface area contributed by atoms with Crippen LogP contribution in [0.3, 0.4) is 0 Å². The maximum atomic E-state index is 13.9. The molecule has 2 N–H and O–H groups in total. The van der Waals surface area contributed by atoms with Gasteiger partial charge in [-0.3, -0.25) is 14.5 Å². The minimum atomic E-state index is -4.02. The van der Waals surface area contributed by atoms with Gasteiger partial charge in [0.1, 0.15) is 34.6 Å². The molecule has 4 saturated heterocycles. The second-order valence-electron chi connectivity index (χ2n) is 18.0. The molecule has 0 amide bonds. The minimum Gasteiger partial charge on any atom is -0.870 e. The summed E-state index contributed by atoms with van der Waals surface area (Å²) in [5, 5.41) is 0.572. The third-order valence-corrected chi connectivity index (χ3v) is 15.7. The number of aromatic nitrogens is 1. The van der Waals surface area contributed by atoms with Gasteiger partial charge in [0.2, 0.25) is 10.0 Å². The maximum Gasteiger partial charge on any atom is 0.387 e. The molecule has 18 heteroatoms. The topological polar surface area (TPSA) is 165 Å².